The number of nitrogens with zero attached hydrogens (tertiary/aromatic N) is 2. The van der Waals surface area contributed by atoms with Crippen LogP contribution in [0.3, 0.4) is 0 Å². The maximum atomic E-state index is 2.45. The average molecular weight is 764 g/mol. The second-order valence-corrected chi connectivity index (χ2v) is 17.4. The van der Waals surface area contributed by atoms with Crippen LogP contribution in [0.15, 0.2) is 0 Å². The van der Waals surface area contributed by atoms with Crippen molar-refractivity contribution in [1.29, 1.82) is 0 Å². The lowest BCUT2D eigenvalue weighted by molar-refractivity contribution is -0.890. The molecule has 0 saturated heterocycles. The monoisotopic (exact) mass is 763 g/mol. The van der Waals surface area contributed by atoms with Gasteiger partial charge < -0.3 is 31.4 Å². The van der Waals surface area contributed by atoms with E-state index in [4.69, 9.17) is 0 Å². The van der Waals surface area contributed by atoms with E-state index in [1.807, 2.05) is 0 Å². The fourth-order valence-corrected chi connectivity index (χ4v) is 6.95. The lowest BCUT2D eigenvalue weighted by atomic mass is 10.0. The predicted molar refractivity (Wildman–Crippen MR) is 221 cm³/mol. The molecule has 49 heavy (non-hydrogen) atoms. The Morgan fingerprint density at radius 2 is 0.408 bits per heavy atom. The normalized spacial score (nSPS) is 11.5. The van der Waals surface area contributed by atoms with Crippen LogP contribution >= 0.6 is 0 Å². The number of hydrogen-bond acceptors (Lipinski definition) is 1. The molecule has 0 aromatic carbocycles. The molecular weight excluding hydrogens is 664 g/mol. The summed E-state index contributed by atoms with van der Waals surface area (Å²) in [6.07, 6.45) is 49.4. The Balaban J connectivity index is -0.000000413. The van der Waals surface area contributed by atoms with Crippen molar-refractivity contribution < 1.29 is 31.4 Å². The van der Waals surface area contributed by atoms with Gasteiger partial charge in [-0.15, -0.1) is 0 Å². The minimum absolute atomic E-state index is 0. The van der Waals surface area contributed by atoms with Crippen LogP contribution < -0.4 is 17.0 Å². The van der Waals surface area contributed by atoms with E-state index < -0.39 is 0 Å². The molecule has 0 fully saturated rings. The smallest absolute Gasteiger partial charge is 0.0782 e. The molecule has 0 radical (unpaired) electrons. The van der Waals surface area contributed by atoms with Crippen molar-refractivity contribution >= 4 is 0 Å². The molecule has 0 rings (SSSR count). The first kappa shape index (κ1) is 56.1. The molecule has 0 aliphatic rings. The van der Waals surface area contributed by atoms with Crippen molar-refractivity contribution in [2.45, 2.75) is 239 Å². The van der Waals surface area contributed by atoms with Gasteiger partial charge >= 0.3 is 0 Å². The standard InChI is InChI=1S/C26H56N.C19H42N.BrH.H2O/c1-5-7-9-11-13-15-17-19-21-23-25-27(3,4)26-24-22-20-18-16-14-12-10-8-6-2;1-5-6-7-8-9-10-11-12-13-14-15-16-17-18-19-20(2,3)4;;/h5-26H2,1-4H3;5-19H2,1-4H3;1H;1H2/q2*+1;;/p-2. The van der Waals surface area contributed by atoms with Gasteiger partial charge in [0.05, 0.1) is 54.9 Å². The number of halogens is 1. The molecule has 0 heterocycles. The molecule has 0 spiro atoms. The third kappa shape index (κ3) is 55.3. The summed E-state index contributed by atoms with van der Waals surface area (Å²) in [6, 6.07) is 0. The maximum Gasteiger partial charge on any atom is 0.0782 e. The summed E-state index contributed by atoms with van der Waals surface area (Å²) in [7, 11) is 11.8. The molecule has 0 aliphatic heterocycles. The first-order valence-corrected chi connectivity index (χ1v) is 22.3. The fourth-order valence-electron chi connectivity index (χ4n) is 6.95. The molecule has 0 aliphatic carbocycles. The van der Waals surface area contributed by atoms with Crippen LogP contribution in [0.25, 0.3) is 0 Å². The summed E-state index contributed by atoms with van der Waals surface area (Å²) in [5, 5.41) is 0. The molecule has 302 valence electrons. The Kier molecular flexibility index (Phi) is 51.0. The van der Waals surface area contributed by atoms with E-state index in [9.17, 15) is 0 Å². The van der Waals surface area contributed by atoms with Crippen LogP contribution in [0.2, 0.25) is 0 Å². The number of rotatable bonds is 37. The minimum Gasteiger partial charge on any atom is -1.00 e. The lowest BCUT2D eigenvalue weighted by Gasteiger charge is -2.30. The number of unbranched alkanes of at least 4 members (excludes halogenated alkanes) is 31. The SMILES string of the molecule is CCCCCCCCCCCCCCCC[N+](C)(C)C.CCCCCCCCCCCC[N+](C)(C)CCCCCCCCCCCC.[Br-].[OH-]. The number of quaternary nitrogens is 2. The fraction of sp³-hybridized carbons (Fsp3) is 1.00. The van der Waals surface area contributed by atoms with E-state index >= 15 is 0 Å². The van der Waals surface area contributed by atoms with Crippen molar-refractivity contribution in [3.8, 4) is 0 Å². The summed E-state index contributed by atoms with van der Waals surface area (Å²) < 4.78 is 2.37. The Morgan fingerprint density at radius 3 is 0.592 bits per heavy atom. The van der Waals surface area contributed by atoms with Gasteiger partial charge in [-0.1, -0.05) is 201 Å². The Labute approximate surface area is 324 Å². The van der Waals surface area contributed by atoms with Crippen LogP contribution in [0.4, 0.5) is 0 Å². The zero-order valence-corrected chi connectivity index (χ0v) is 37.5. The first-order valence-electron chi connectivity index (χ1n) is 22.3. The Bertz CT molecular complexity index is 537. The largest absolute Gasteiger partial charge is 1.00 e. The highest BCUT2D eigenvalue weighted by Gasteiger charge is 2.13. The van der Waals surface area contributed by atoms with E-state index in [1.54, 1.807) is 0 Å². The van der Waals surface area contributed by atoms with Gasteiger partial charge in [-0.05, 0) is 38.5 Å². The van der Waals surface area contributed by atoms with Gasteiger partial charge in [-0.25, -0.2) is 0 Å². The quantitative estimate of drug-likeness (QED) is 0.0458. The Hall–Kier alpha value is 0.360. The molecule has 4 heteroatoms. The summed E-state index contributed by atoms with van der Waals surface area (Å²) >= 11 is 0. The number of hydrogen-bond donors (Lipinski definition) is 0. The molecule has 0 saturated carbocycles. The van der Waals surface area contributed by atoms with Crippen molar-refractivity contribution in [3.63, 3.8) is 0 Å². The van der Waals surface area contributed by atoms with Gasteiger partial charge in [0.1, 0.15) is 0 Å². The van der Waals surface area contributed by atoms with E-state index in [1.165, 1.54) is 242 Å². The summed E-state index contributed by atoms with van der Waals surface area (Å²) in [5.74, 6) is 0. The molecule has 0 bridgehead atoms. The van der Waals surface area contributed by atoms with Gasteiger partial charge in [0, 0.05) is 0 Å². The van der Waals surface area contributed by atoms with Gasteiger partial charge in [0.15, 0.2) is 0 Å². The van der Waals surface area contributed by atoms with Crippen LogP contribution in [-0.2, 0) is 0 Å². The molecular formula is C45H99BrN2O. The molecule has 0 aromatic rings. The highest BCUT2D eigenvalue weighted by Crippen LogP contribution is 2.15. The second-order valence-electron chi connectivity index (χ2n) is 17.4. The van der Waals surface area contributed by atoms with Gasteiger partial charge in [0.25, 0.3) is 0 Å². The van der Waals surface area contributed by atoms with E-state index in [-0.39, 0.29) is 22.5 Å². The first-order chi connectivity index (χ1) is 22.7. The summed E-state index contributed by atoms with van der Waals surface area (Å²) in [6.45, 7) is 11.0. The molecule has 0 unspecified atom stereocenters. The zero-order chi connectivity index (χ0) is 35.2. The van der Waals surface area contributed by atoms with Crippen molar-refractivity contribution in [1.82, 2.24) is 0 Å². The topological polar surface area (TPSA) is 30.0 Å². The summed E-state index contributed by atoms with van der Waals surface area (Å²) in [4.78, 5) is 0. The third-order valence-electron chi connectivity index (χ3n) is 10.4. The molecule has 0 aromatic heterocycles. The predicted octanol–water partition coefficient (Wildman–Crippen LogP) is 11.9. The van der Waals surface area contributed by atoms with Crippen LogP contribution in [0.1, 0.15) is 239 Å². The molecule has 0 atom stereocenters. The van der Waals surface area contributed by atoms with Gasteiger partial charge in [0.2, 0.25) is 0 Å². The molecule has 1 N–H and O–H groups in total. The van der Waals surface area contributed by atoms with Crippen LogP contribution in [0, 0.1) is 0 Å². The zero-order valence-electron chi connectivity index (χ0n) is 35.9. The van der Waals surface area contributed by atoms with E-state index in [0.29, 0.717) is 0 Å². The van der Waals surface area contributed by atoms with Crippen LogP contribution in [-0.4, -0.2) is 69.3 Å². The van der Waals surface area contributed by atoms with Crippen molar-refractivity contribution in [3.05, 3.63) is 0 Å². The molecule has 3 nitrogen and oxygen atoms in total. The van der Waals surface area contributed by atoms with Crippen molar-refractivity contribution in [2.75, 3.05) is 54.9 Å². The van der Waals surface area contributed by atoms with E-state index in [2.05, 4.69) is 56.0 Å². The Morgan fingerprint density at radius 1 is 0.245 bits per heavy atom. The second kappa shape index (κ2) is 44.5. The van der Waals surface area contributed by atoms with E-state index in [0.717, 1.165) is 4.48 Å². The summed E-state index contributed by atoms with van der Waals surface area (Å²) in [5.41, 5.74) is 0. The van der Waals surface area contributed by atoms with Gasteiger partial charge in [-0.2, -0.15) is 0 Å². The highest BCUT2D eigenvalue weighted by atomic mass is 79.9. The third-order valence-corrected chi connectivity index (χ3v) is 10.4. The van der Waals surface area contributed by atoms with Crippen LogP contribution in [0.5, 0.6) is 0 Å². The van der Waals surface area contributed by atoms with Crippen molar-refractivity contribution in [2.24, 2.45) is 0 Å². The highest BCUT2D eigenvalue weighted by molar-refractivity contribution is 4.51. The average Bonchev–Trinajstić information content (AvgIpc) is 3.03. The van der Waals surface area contributed by atoms with Gasteiger partial charge in [-0.3, -0.25) is 0 Å². The minimum atomic E-state index is 0. The maximum absolute atomic E-state index is 2.45. The lowest BCUT2D eigenvalue weighted by Crippen LogP contribution is -3.00. The molecule has 0 amide bonds.